The minimum atomic E-state index is -0.329. The Balaban J connectivity index is 1.89. The van der Waals surface area contributed by atoms with E-state index in [2.05, 4.69) is 39.9 Å². The molecule has 3 rings (SSSR count). The largest absolute Gasteiger partial charge is 0.497 e. The first kappa shape index (κ1) is 29.0. The third-order valence-electron chi connectivity index (χ3n) is 6.05. The Hall–Kier alpha value is -3.52. The van der Waals surface area contributed by atoms with Gasteiger partial charge in [-0.1, -0.05) is 46.2 Å². The van der Waals surface area contributed by atoms with Gasteiger partial charge in [-0.05, 0) is 48.7 Å². The summed E-state index contributed by atoms with van der Waals surface area (Å²) in [7, 11) is 3.05. The fourth-order valence-corrected chi connectivity index (χ4v) is 3.91. The molecule has 38 heavy (non-hydrogen) atoms. The molecule has 0 unspecified atom stereocenters. The van der Waals surface area contributed by atoms with Crippen molar-refractivity contribution in [1.29, 1.82) is 0 Å². The summed E-state index contributed by atoms with van der Waals surface area (Å²) in [4.78, 5) is 28.5. The summed E-state index contributed by atoms with van der Waals surface area (Å²) in [6, 6.07) is 14.1. The standard InChI is InChI=1S/C29H37ClN4O4/c1-19(2)14-15-33(28(36)23-13-12-22(37-6)16-24(23)38-7)18-27(35)31-26-17-25(29(3,4)5)32-34(26)21-10-8-20(30)9-11-21/h8-13,16-17,19H,14-15,18H2,1-7H3,(H,31,35). The highest BCUT2D eigenvalue weighted by molar-refractivity contribution is 6.30. The molecule has 0 bridgehead atoms. The number of nitrogens with one attached hydrogen (secondary N) is 1. The second-order valence-electron chi connectivity index (χ2n) is 10.6. The highest BCUT2D eigenvalue weighted by Crippen LogP contribution is 2.28. The Morgan fingerprint density at radius 3 is 2.32 bits per heavy atom. The number of nitrogens with zero attached hydrogens (tertiary/aromatic N) is 3. The van der Waals surface area contributed by atoms with Crippen LogP contribution < -0.4 is 14.8 Å². The van der Waals surface area contributed by atoms with E-state index in [0.717, 1.165) is 17.8 Å². The Kier molecular flexibility index (Phi) is 9.44. The summed E-state index contributed by atoms with van der Waals surface area (Å²) < 4.78 is 12.4. The van der Waals surface area contributed by atoms with Crippen LogP contribution in [0.3, 0.4) is 0 Å². The van der Waals surface area contributed by atoms with E-state index >= 15 is 0 Å². The first-order valence-corrected chi connectivity index (χ1v) is 13.0. The van der Waals surface area contributed by atoms with Crippen LogP contribution in [0.15, 0.2) is 48.5 Å². The molecule has 0 atom stereocenters. The number of halogens is 1. The van der Waals surface area contributed by atoms with Gasteiger partial charge in [0.05, 0.1) is 31.2 Å². The van der Waals surface area contributed by atoms with Gasteiger partial charge in [0.15, 0.2) is 0 Å². The maximum Gasteiger partial charge on any atom is 0.258 e. The molecule has 1 heterocycles. The van der Waals surface area contributed by atoms with Crippen LogP contribution in [0.5, 0.6) is 11.5 Å². The molecule has 0 saturated heterocycles. The number of rotatable bonds is 10. The van der Waals surface area contributed by atoms with E-state index in [9.17, 15) is 9.59 Å². The number of hydrogen-bond acceptors (Lipinski definition) is 5. The van der Waals surface area contributed by atoms with E-state index in [1.54, 1.807) is 47.0 Å². The molecular weight excluding hydrogens is 504 g/mol. The minimum Gasteiger partial charge on any atom is -0.497 e. The van der Waals surface area contributed by atoms with Crippen LogP contribution in [0.25, 0.3) is 5.69 Å². The van der Waals surface area contributed by atoms with Crippen LogP contribution in [0.2, 0.25) is 5.02 Å². The van der Waals surface area contributed by atoms with Crippen LogP contribution in [0.1, 0.15) is 57.1 Å². The number of ether oxygens (including phenoxy) is 2. The van der Waals surface area contributed by atoms with Crippen molar-refractivity contribution < 1.29 is 19.1 Å². The molecule has 1 aromatic heterocycles. The van der Waals surface area contributed by atoms with Crippen molar-refractivity contribution in [3.05, 3.63) is 64.8 Å². The highest BCUT2D eigenvalue weighted by atomic mass is 35.5. The van der Waals surface area contributed by atoms with Gasteiger partial charge in [-0.3, -0.25) is 9.59 Å². The van der Waals surface area contributed by atoms with Gasteiger partial charge in [0.2, 0.25) is 5.91 Å². The van der Waals surface area contributed by atoms with Gasteiger partial charge < -0.3 is 19.7 Å². The zero-order valence-corrected chi connectivity index (χ0v) is 23.9. The Morgan fingerprint density at radius 2 is 1.74 bits per heavy atom. The number of carbonyl (C=O) groups excluding carboxylic acids is 2. The summed E-state index contributed by atoms with van der Waals surface area (Å²) in [5.74, 6) is 1.22. The van der Waals surface area contributed by atoms with E-state index in [-0.39, 0.29) is 23.8 Å². The number of hydrogen-bond donors (Lipinski definition) is 1. The average Bonchev–Trinajstić information content (AvgIpc) is 3.30. The second-order valence-corrected chi connectivity index (χ2v) is 11.0. The van der Waals surface area contributed by atoms with Crippen LogP contribution >= 0.6 is 11.6 Å². The Bertz CT molecular complexity index is 1260. The average molecular weight is 541 g/mol. The van der Waals surface area contributed by atoms with Gasteiger partial charge in [0.1, 0.15) is 23.9 Å². The molecule has 0 fully saturated rings. The first-order chi connectivity index (χ1) is 17.9. The molecule has 3 aromatic rings. The van der Waals surface area contributed by atoms with Crippen molar-refractivity contribution in [2.75, 3.05) is 32.6 Å². The maximum atomic E-state index is 13.6. The Labute approximate surface area is 229 Å². The van der Waals surface area contributed by atoms with E-state index < -0.39 is 0 Å². The number of aromatic nitrogens is 2. The van der Waals surface area contributed by atoms with Crippen molar-refractivity contribution >= 4 is 29.2 Å². The zero-order valence-electron chi connectivity index (χ0n) is 23.2. The lowest BCUT2D eigenvalue weighted by atomic mass is 9.92. The lowest BCUT2D eigenvalue weighted by molar-refractivity contribution is -0.117. The molecule has 0 spiro atoms. The number of amides is 2. The van der Waals surface area contributed by atoms with E-state index in [1.807, 2.05) is 18.2 Å². The molecule has 9 heteroatoms. The molecule has 0 aliphatic heterocycles. The summed E-state index contributed by atoms with van der Waals surface area (Å²) in [6.45, 7) is 10.6. The second kappa shape index (κ2) is 12.3. The third kappa shape index (κ3) is 7.28. The SMILES string of the molecule is COc1ccc(C(=O)N(CCC(C)C)CC(=O)Nc2cc(C(C)(C)C)nn2-c2ccc(Cl)cc2)c(OC)c1. The lowest BCUT2D eigenvalue weighted by Gasteiger charge is -2.24. The predicted molar refractivity (Wildman–Crippen MR) is 151 cm³/mol. The maximum absolute atomic E-state index is 13.6. The van der Waals surface area contributed by atoms with Crippen molar-refractivity contribution in [3.8, 4) is 17.2 Å². The molecule has 1 N–H and O–H groups in total. The molecule has 0 saturated carbocycles. The molecule has 2 aromatic carbocycles. The van der Waals surface area contributed by atoms with Crippen LogP contribution in [-0.2, 0) is 10.2 Å². The number of methoxy groups -OCH3 is 2. The fraction of sp³-hybridized carbons (Fsp3) is 0.414. The quantitative estimate of drug-likeness (QED) is 0.342. The van der Waals surface area contributed by atoms with E-state index in [0.29, 0.717) is 40.4 Å². The summed E-state index contributed by atoms with van der Waals surface area (Å²) in [5, 5.41) is 8.32. The number of benzene rings is 2. The van der Waals surface area contributed by atoms with Gasteiger partial charge in [-0.2, -0.15) is 5.10 Å². The smallest absolute Gasteiger partial charge is 0.258 e. The van der Waals surface area contributed by atoms with Gasteiger partial charge in [-0.25, -0.2) is 4.68 Å². The van der Waals surface area contributed by atoms with Crippen LogP contribution in [0.4, 0.5) is 5.82 Å². The molecular formula is C29H37ClN4O4. The zero-order chi connectivity index (χ0) is 28.0. The third-order valence-corrected chi connectivity index (χ3v) is 6.31. The predicted octanol–water partition coefficient (Wildman–Crippen LogP) is 5.97. The normalized spacial score (nSPS) is 11.4. The molecule has 0 radical (unpaired) electrons. The molecule has 0 aliphatic carbocycles. The monoisotopic (exact) mass is 540 g/mol. The highest BCUT2D eigenvalue weighted by Gasteiger charge is 2.25. The topological polar surface area (TPSA) is 85.7 Å². The minimum absolute atomic E-state index is 0.128. The van der Waals surface area contributed by atoms with Crippen molar-refractivity contribution in [2.24, 2.45) is 5.92 Å². The molecule has 2 amide bonds. The van der Waals surface area contributed by atoms with Gasteiger partial charge in [0, 0.05) is 29.1 Å². The van der Waals surface area contributed by atoms with E-state index in [1.165, 1.54) is 7.11 Å². The van der Waals surface area contributed by atoms with Crippen molar-refractivity contribution in [2.45, 2.75) is 46.5 Å². The lowest BCUT2D eigenvalue weighted by Crippen LogP contribution is -2.39. The molecule has 204 valence electrons. The molecule has 8 nitrogen and oxygen atoms in total. The van der Waals surface area contributed by atoms with Crippen LogP contribution in [0, 0.1) is 5.92 Å². The fourth-order valence-electron chi connectivity index (χ4n) is 3.78. The van der Waals surface area contributed by atoms with Gasteiger partial charge in [0.25, 0.3) is 5.91 Å². The summed E-state index contributed by atoms with van der Waals surface area (Å²) >= 11 is 6.08. The van der Waals surface area contributed by atoms with Gasteiger partial charge in [-0.15, -0.1) is 0 Å². The summed E-state index contributed by atoms with van der Waals surface area (Å²) in [6.07, 6.45) is 0.744. The first-order valence-electron chi connectivity index (χ1n) is 12.6. The summed E-state index contributed by atoms with van der Waals surface area (Å²) in [5.41, 5.74) is 1.71. The van der Waals surface area contributed by atoms with Gasteiger partial charge >= 0.3 is 0 Å². The number of carbonyl (C=O) groups is 2. The Morgan fingerprint density at radius 1 is 1.05 bits per heavy atom. The van der Waals surface area contributed by atoms with Crippen molar-refractivity contribution in [3.63, 3.8) is 0 Å². The van der Waals surface area contributed by atoms with E-state index in [4.69, 9.17) is 26.2 Å². The number of anilines is 1. The van der Waals surface area contributed by atoms with Crippen molar-refractivity contribution in [1.82, 2.24) is 14.7 Å². The van der Waals surface area contributed by atoms with Crippen LogP contribution in [-0.4, -0.2) is 53.8 Å². The molecule has 0 aliphatic rings.